The highest BCUT2D eigenvalue weighted by Crippen LogP contribution is 2.34. The van der Waals surface area contributed by atoms with Crippen LogP contribution in [-0.4, -0.2) is 23.8 Å². The lowest BCUT2D eigenvalue weighted by molar-refractivity contribution is -0.137. The molecule has 30 heavy (non-hydrogen) atoms. The summed E-state index contributed by atoms with van der Waals surface area (Å²) >= 11 is 6.26. The van der Waals surface area contributed by atoms with Gasteiger partial charge in [0.25, 0.3) is 11.8 Å². The number of benzene rings is 3. The Balaban J connectivity index is 1.76. The summed E-state index contributed by atoms with van der Waals surface area (Å²) in [5, 5.41) is 3.63. The molecule has 1 aliphatic heterocycles. The predicted octanol–water partition coefficient (Wildman–Crippen LogP) is 4.74. The highest BCUT2D eigenvalue weighted by atomic mass is 35.5. The van der Waals surface area contributed by atoms with Gasteiger partial charge in [-0.1, -0.05) is 72.3 Å². The molecular weight excluding hydrogens is 400 g/mol. The Morgan fingerprint density at radius 3 is 2.27 bits per heavy atom. The number of rotatable bonds is 6. The van der Waals surface area contributed by atoms with Crippen molar-refractivity contribution >= 4 is 34.7 Å². The molecule has 1 aliphatic rings. The molecule has 1 N–H and O–H groups in total. The first-order valence-electron chi connectivity index (χ1n) is 9.39. The third-order valence-electron chi connectivity index (χ3n) is 4.88. The van der Waals surface area contributed by atoms with Crippen LogP contribution < -0.4 is 10.1 Å². The third kappa shape index (κ3) is 3.67. The van der Waals surface area contributed by atoms with E-state index in [9.17, 15) is 9.59 Å². The van der Waals surface area contributed by atoms with Gasteiger partial charge in [0.15, 0.2) is 0 Å². The first-order valence-corrected chi connectivity index (χ1v) is 9.77. The molecule has 1 heterocycles. The Labute approximate surface area is 179 Å². The van der Waals surface area contributed by atoms with Crippen LogP contribution >= 0.6 is 11.6 Å². The Bertz CT molecular complexity index is 1140. The normalized spacial score (nSPS) is 13.7. The zero-order chi connectivity index (χ0) is 21.1. The lowest BCUT2D eigenvalue weighted by Crippen LogP contribution is -2.32. The maximum atomic E-state index is 13.3. The van der Waals surface area contributed by atoms with Crippen molar-refractivity contribution in [2.24, 2.45) is 0 Å². The number of amides is 2. The molecule has 0 aromatic heterocycles. The van der Waals surface area contributed by atoms with Crippen molar-refractivity contribution in [1.29, 1.82) is 0 Å². The largest absolute Gasteiger partial charge is 0.495 e. The summed E-state index contributed by atoms with van der Waals surface area (Å²) in [6.07, 6.45) is 0. The minimum absolute atomic E-state index is 0.0881. The summed E-state index contributed by atoms with van der Waals surface area (Å²) in [4.78, 5) is 27.8. The van der Waals surface area contributed by atoms with Crippen LogP contribution in [0.5, 0.6) is 5.75 Å². The molecule has 0 spiro atoms. The highest BCUT2D eigenvalue weighted by Gasteiger charge is 2.39. The fraction of sp³-hybridized carbons (Fsp3) is 0.0833. The van der Waals surface area contributed by atoms with Crippen LogP contribution in [0.2, 0.25) is 5.02 Å². The maximum absolute atomic E-state index is 13.3. The van der Waals surface area contributed by atoms with Gasteiger partial charge in [0, 0.05) is 5.02 Å². The van der Waals surface area contributed by atoms with Gasteiger partial charge in [-0.3, -0.25) is 14.5 Å². The average Bonchev–Trinajstić information content (AvgIpc) is 3.00. The summed E-state index contributed by atoms with van der Waals surface area (Å²) in [6, 6.07) is 23.6. The standard InChI is InChI=1S/C24H19ClN2O3/c1-30-20-14-8-7-13-19(20)26-22-21(16-9-3-2-4-10-16)23(28)27(24(22)29)15-17-11-5-6-12-18(17)25/h2-14,26H,15H2,1H3. The lowest BCUT2D eigenvalue weighted by atomic mass is 10.0. The number of para-hydroxylation sites is 2. The molecule has 3 aromatic carbocycles. The molecule has 2 amide bonds. The van der Waals surface area contributed by atoms with E-state index in [4.69, 9.17) is 16.3 Å². The molecular formula is C24H19ClN2O3. The van der Waals surface area contributed by atoms with Gasteiger partial charge in [-0.15, -0.1) is 0 Å². The van der Waals surface area contributed by atoms with E-state index in [0.717, 1.165) is 0 Å². The summed E-state index contributed by atoms with van der Waals surface area (Å²) < 4.78 is 5.38. The van der Waals surface area contributed by atoms with Crippen molar-refractivity contribution in [1.82, 2.24) is 4.90 Å². The number of halogens is 1. The Kier molecular flexibility index (Phi) is 5.55. The molecule has 150 valence electrons. The number of anilines is 1. The van der Waals surface area contributed by atoms with Gasteiger partial charge >= 0.3 is 0 Å². The first kappa shape index (κ1) is 19.7. The lowest BCUT2D eigenvalue weighted by Gasteiger charge is -2.16. The van der Waals surface area contributed by atoms with Crippen LogP contribution in [0.3, 0.4) is 0 Å². The monoisotopic (exact) mass is 418 g/mol. The minimum Gasteiger partial charge on any atom is -0.495 e. The number of nitrogens with one attached hydrogen (secondary N) is 1. The van der Waals surface area contributed by atoms with Crippen LogP contribution in [0.25, 0.3) is 5.57 Å². The van der Waals surface area contributed by atoms with Crippen LogP contribution in [0.15, 0.2) is 84.6 Å². The van der Waals surface area contributed by atoms with Crippen molar-refractivity contribution in [3.63, 3.8) is 0 Å². The number of carbonyl (C=O) groups excluding carboxylic acids is 2. The number of methoxy groups -OCH3 is 1. The van der Waals surface area contributed by atoms with E-state index in [-0.39, 0.29) is 18.1 Å². The molecule has 0 atom stereocenters. The van der Waals surface area contributed by atoms with Crippen molar-refractivity contribution < 1.29 is 14.3 Å². The second-order valence-corrected chi connectivity index (χ2v) is 7.14. The topological polar surface area (TPSA) is 58.6 Å². The molecule has 0 radical (unpaired) electrons. The van der Waals surface area contributed by atoms with E-state index in [1.165, 1.54) is 4.90 Å². The summed E-state index contributed by atoms with van der Waals surface area (Å²) in [5.41, 5.74) is 2.49. The minimum atomic E-state index is -0.412. The SMILES string of the molecule is COc1ccccc1NC1=C(c2ccccc2)C(=O)N(Cc2ccccc2Cl)C1=O. The summed E-state index contributed by atoms with van der Waals surface area (Å²) in [6.45, 7) is 0.0881. The van der Waals surface area contributed by atoms with E-state index in [2.05, 4.69) is 5.32 Å². The first-order chi connectivity index (χ1) is 14.6. The number of nitrogens with zero attached hydrogens (tertiary/aromatic N) is 1. The Morgan fingerprint density at radius 2 is 1.53 bits per heavy atom. The van der Waals surface area contributed by atoms with Crippen molar-refractivity contribution in [2.45, 2.75) is 6.54 Å². The number of hydrogen-bond donors (Lipinski definition) is 1. The van der Waals surface area contributed by atoms with Gasteiger partial charge in [-0.25, -0.2) is 0 Å². The number of imide groups is 1. The molecule has 0 aliphatic carbocycles. The van der Waals surface area contributed by atoms with Gasteiger partial charge in [0.1, 0.15) is 11.4 Å². The quantitative estimate of drug-likeness (QED) is 0.587. The zero-order valence-corrected chi connectivity index (χ0v) is 17.0. The van der Waals surface area contributed by atoms with Crippen molar-refractivity contribution in [3.05, 3.63) is 101 Å². The molecule has 0 fully saturated rings. The fourth-order valence-electron chi connectivity index (χ4n) is 3.39. The Hall–Kier alpha value is -3.57. The van der Waals surface area contributed by atoms with E-state index in [0.29, 0.717) is 33.2 Å². The van der Waals surface area contributed by atoms with Crippen LogP contribution in [0.4, 0.5) is 5.69 Å². The maximum Gasteiger partial charge on any atom is 0.278 e. The van der Waals surface area contributed by atoms with Gasteiger partial charge in [-0.05, 0) is 29.3 Å². The zero-order valence-electron chi connectivity index (χ0n) is 16.3. The molecule has 0 unspecified atom stereocenters. The third-order valence-corrected chi connectivity index (χ3v) is 5.25. The number of hydrogen-bond acceptors (Lipinski definition) is 4. The second kappa shape index (κ2) is 8.43. The van der Waals surface area contributed by atoms with Gasteiger partial charge in [0.2, 0.25) is 0 Å². The molecule has 3 aromatic rings. The Morgan fingerprint density at radius 1 is 0.867 bits per heavy atom. The summed E-state index contributed by atoms with van der Waals surface area (Å²) in [7, 11) is 1.55. The van der Waals surface area contributed by atoms with Crippen LogP contribution in [-0.2, 0) is 16.1 Å². The smallest absolute Gasteiger partial charge is 0.278 e. The van der Waals surface area contributed by atoms with Crippen LogP contribution in [0, 0.1) is 0 Å². The predicted molar refractivity (Wildman–Crippen MR) is 117 cm³/mol. The summed E-state index contributed by atoms with van der Waals surface area (Å²) in [5.74, 6) is -0.213. The van der Waals surface area contributed by atoms with Gasteiger partial charge in [0.05, 0.1) is 24.9 Å². The molecule has 0 saturated carbocycles. The second-order valence-electron chi connectivity index (χ2n) is 6.73. The average molecular weight is 419 g/mol. The van der Waals surface area contributed by atoms with E-state index in [1.54, 1.807) is 31.4 Å². The van der Waals surface area contributed by atoms with Crippen molar-refractivity contribution in [3.8, 4) is 5.75 Å². The fourth-order valence-corrected chi connectivity index (χ4v) is 3.58. The molecule has 0 saturated heterocycles. The van der Waals surface area contributed by atoms with Crippen molar-refractivity contribution in [2.75, 3.05) is 12.4 Å². The van der Waals surface area contributed by atoms with Gasteiger partial charge < -0.3 is 10.1 Å². The van der Waals surface area contributed by atoms with E-state index in [1.807, 2.05) is 54.6 Å². The molecule has 6 heteroatoms. The molecule has 0 bridgehead atoms. The highest BCUT2D eigenvalue weighted by molar-refractivity contribution is 6.36. The number of ether oxygens (including phenoxy) is 1. The molecule has 4 rings (SSSR count). The van der Waals surface area contributed by atoms with E-state index < -0.39 is 5.91 Å². The van der Waals surface area contributed by atoms with E-state index >= 15 is 0 Å². The number of carbonyl (C=O) groups is 2. The van der Waals surface area contributed by atoms with Crippen LogP contribution in [0.1, 0.15) is 11.1 Å². The molecule has 5 nitrogen and oxygen atoms in total. The van der Waals surface area contributed by atoms with Gasteiger partial charge in [-0.2, -0.15) is 0 Å².